The molecular weight excluding hydrogens is 348 g/mol. The Morgan fingerprint density at radius 1 is 0.808 bits per heavy atom. The highest BCUT2D eigenvalue weighted by molar-refractivity contribution is 7.87. The van der Waals surface area contributed by atoms with Crippen molar-refractivity contribution in [3.8, 4) is 0 Å². The van der Waals surface area contributed by atoms with Gasteiger partial charge in [-0.05, 0) is 13.3 Å². The van der Waals surface area contributed by atoms with Crippen LogP contribution in [0.1, 0.15) is 110 Å². The minimum Gasteiger partial charge on any atom is -0.392 e. The molecule has 1 heterocycles. The fourth-order valence-electron chi connectivity index (χ4n) is 3.42. The van der Waals surface area contributed by atoms with Crippen LogP contribution in [0.15, 0.2) is 0 Å². The van der Waals surface area contributed by atoms with Gasteiger partial charge in [0.1, 0.15) is 0 Å². The van der Waals surface area contributed by atoms with E-state index in [1.165, 1.54) is 70.6 Å². The third-order valence-electron chi connectivity index (χ3n) is 5.31. The first-order chi connectivity index (χ1) is 12.5. The molecule has 1 aliphatic heterocycles. The van der Waals surface area contributed by atoms with Crippen molar-refractivity contribution in [1.29, 1.82) is 0 Å². The van der Waals surface area contributed by atoms with Gasteiger partial charge in [-0.15, -0.1) is 0 Å². The zero-order valence-electron chi connectivity index (χ0n) is 16.9. The van der Waals surface area contributed by atoms with Gasteiger partial charge in [0.15, 0.2) is 4.75 Å². The first kappa shape index (κ1) is 23.3. The molecule has 1 fully saturated rings. The summed E-state index contributed by atoms with van der Waals surface area (Å²) in [5, 5.41) is 0. The summed E-state index contributed by atoms with van der Waals surface area (Å²) >= 11 is 0. The molecule has 1 rings (SSSR count). The summed E-state index contributed by atoms with van der Waals surface area (Å²) in [7, 11) is -1.32. The SMILES string of the molecule is CCCCCCCCCCCCCCCCS(=O)C1(C)CC(=O)OC1=O. The van der Waals surface area contributed by atoms with Gasteiger partial charge in [0.25, 0.3) is 0 Å². The molecule has 0 N–H and O–H groups in total. The third-order valence-corrected chi connectivity index (χ3v) is 7.28. The molecule has 1 aliphatic rings. The molecule has 0 saturated carbocycles. The topological polar surface area (TPSA) is 60.4 Å². The van der Waals surface area contributed by atoms with Gasteiger partial charge in [-0.2, -0.15) is 0 Å². The zero-order valence-corrected chi connectivity index (χ0v) is 17.7. The summed E-state index contributed by atoms with van der Waals surface area (Å²) in [6.45, 7) is 3.84. The van der Waals surface area contributed by atoms with Gasteiger partial charge < -0.3 is 4.74 Å². The number of unbranched alkanes of at least 4 members (excludes halogenated alkanes) is 13. The summed E-state index contributed by atoms with van der Waals surface area (Å²) in [4.78, 5) is 22.9. The van der Waals surface area contributed by atoms with E-state index in [-0.39, 0.29) is 6.42 Å². The standard InChI is InChI=1S/C21H38O4S/c1-3-4-5-6-7-8-9-10-11-12-13-14-15-16-17-26(24)21(2)18-19(22)25-20(21)23/h3-18H2,1-2H3. The largest absolute Gasteiger partial charge is 0.392 e. The van der Waals surface area contributed by atoms with Gasteiger partial charge in [0, 0.05) is 16.6 Å². The average Bonchev–Trinajstić information content (AvgIpc) is 2.88. The van der Waals surface area contributed by atoms with Gasteiger partial charge in [-0.3, -0.25) is 9.00 Å². The lowest BCUT2D eigenvalue weighted by atomic mass is 10.0. The quantitative estimate of drug-likeness (QED) is 0.201. The van der Waals surface area contributed by atoms with Crippen LogP contribution in [0.25, 0.3) is 0 Å². The molecule has 5 heteroatoms. The monoisotopic (exact) mass is 386 g/mol. The first-order valence-electron chi connectivity index (χ1n) is 10.6. The van der Waals surface area contributed by atoms with Crippen LogP contribution in [0.2, 0.25) is 0 Å². The average molecular weight is 387 g/mol. The van der Waals surface area contributed by atoms with E-state index in [2.05, 4.69) is 11.7 Å². The molecule has 0 aliphatic carbocycles. The van der Waals surface area contributed by atoms with Crippen LogP contribution in [0.5, 0.6) is 0 Å². The molecular formula is C21H38O4S. The van der Waals surface area contributed by atoms with Crippen molar-refractivity contribution in [2.75, 3.05) is 5.75 Å². The van der Waals surface area contributed by atoms with Crippen LogP contribution in [-0.2, 0) is 25.1 Å². The van der Waals surface area contributed by atoms with Crippen molar-refractivity contribution < 1.29 is 18.5 Å². The van der Waals surface area contributed by atoms with Gasteiger partial charge in [0.2, 0.25) is 0 Å². The minimum atomic E-state index is -1.32. The van der Waals surface area contributed by atoms with E-state index < -0.39 is 27.5 Å². The maximum absolute atomic E-state index is 12.3. The maximum atomic E-state index is 12.3. The highest BCUT2D eigenvalue weighted by atomic mass is 32.2. The Morgan fingerprint density at radius 2 is 1.23 bits per heavy atom. The normalized spacial score (nSPS) is 21.2. The van der Waals surface area contributed by atoms with E-state index in [0.717, 1.165) is 19.3 Å². The lowest BCUT2D eigenvalue weighted by molar-refractivity contribution is -0.152. The molecule has 1 saturated heterocycles. The summed E-state index contributed by atoms with van der Waals surface area (Å²) < 4.78 is 15.7. The molecule has 0 radical (unpaired) electrons. The lowest BCUT2D eigenvalue weighted by Crippen LogP contribution is -2.37. The molecule has 26 heavy (non-hydrogen) atoms. The van der Waals surface area contributed by atoms with E-state index >= 15 is 0 Å². The molecule has 0 aromatic rings. The molecule has 4 nitrogen and oxygen atoms in total. The Balaban J connectivity index is 1.90. The van der Waals surface area contributed by atoms with Crippen LogP contribution < -0.4 is 0 Å². The molecule has 0 bridgehead atoms. The Hall–Kier alpha value is -0.710. The van der Waals surface area contributed by atoms with Gasteiger partial charge >= 0.3 is 11.9 Å². The number of carbonyl (C=O) groups is 2. The summed E-state index contributed by atoms with van der Waals surface area (Å²) in [6.07, 6.45) is 17.9. The predicted octanol–water partition coefficient (Wildman–Crippen LogP) is 5.45. The molecule has 2 unspecified atom stereocenters. The second-order valence-corrected chi connectivity index (χ2v) is 9.82. The number of rotatable bonds is 16. The van der Waals surface area contributed by atoms with E-state index in [0.29, 0.717) is 5.75 Å². The summed E-state index contributed by atoms with van der Waals surface area (Å²) in [5.74, 6) is -0.685. The Kier molecular flexibility index (Phi) is 12.1. The number of carbonyl (C=O) groups excluding carboxylic acids is 2. The van der Waals surface area contributed by atoms with Crippen molar-refractivity contribution in [3.05, 3.63) is 0 Å². The predicted molar refractivity (Wildman–Crippen MR) is 107 cm³/mol. The van der Waals surface area contributed by atoms with Crippen LogP contribution in [0.4, 0.5) is 0 Å². The molecule has 152 valence electrons. The summed E-state index contributed by atoms with van der Waals surface area (Å²) in [5.41, 5.74) is 0. The fourth-order valence-corrected chi connectivity index (χ4v) is 4.84. The van der Waals surface area contributed by atoms with Crippen molar-refractivity contribution in [3.63, 3.8) is 0 Å². The van der Waals surface area contributed by atoms with Crippen molar-refractivity contribution in [2.45, 2.75) is 115 Å². The van der Waals surface area contributed by atoms with Gasteiger partial charge in [-0.25, -0.2) is 4.79 Å². The first-order valence-corrected chi connectivity index (χ1v) is 12.0. The van der Waals surface area contributed by atoms with E-state index in [9.17, 15) is 13.8 Å². The zero-order chi connectivity index (χ0) is 19.3. The van der Waals surface area contributed by atoms with Crippen LogP contribution >= 0.6 is 0 Å². The molecule has 0 spiro atoms. The summed E-state index contributed by atoms with van der Waals surface area (Å²) in [6, 6.07) is 0. The minimum absolute atomic E-state index is 0.0446. The van der Waals surface area contributed by atoms with Crippen molar-refractivity contribution >= 4 is 22.7 Å². The Labute approximate surface area is 162 Å². The van der Waals surface area contributed by atoms with Crippen LogP contribution in [0.3, 0.4) is 0 Å². The lowest BCUT2D eigenvalue weighted by Gasteiger charge is -2.16. The number of cyclic esters (lactones) is 2. The highest BCUT2D eigenvalue weighted by Crippen LogP contribution is 2.28. The fraction of sp³-hybridized carbons (Fsp3) is 0.905. The third kappa shape index (κ3) is 8.79. The number of esters is 2. The second-order valence-electron chi connectivity index (χ2n) is 7.81. The second kappa shape index (κ2) is 13.5. The highest BCUT2D eigenvalue weighted by Gasteiger charge is 2.49. The number of hydrogen-bond donors (Lipinski definition) is 0. The Morgan fingerprint density at radius 3 is 1.62 bits per heavy atom. The van der Waals surface area contributed by atoms with E-state index in [1.54, 1.807) is 6.92 Å². The van der Waals surface area contributed by atoms with E-state index in [4.69, 9.17) is 0 Å². The molecule has 0 aromatic carbocycles. The van der Waals surface area contributed by atoms with Crippen LogP contribution in [0, 0.1) is 0 Å². The number of hydrogen-bond acceptors (Lipinski definition) is 4. The van der Waals surface area contributed by atoms with Gasteiger partial charge in [-0.1, -0.05) is 90.4 Å². The van der Waals surface area contributed by atoms with E-state index in [1.807, 2.05) is 0 Å². The van der Waals surface area contributed by atoms with Crippen molar-refractivity contribution in [1.82, 2.24) is 0 Å². The molecule has 0 amide bonds. The molecule has 0 aromatic heterocycles. The smallest absolute Gasteiger partial charge is 0.332 e. The van der Waals surface area contributed by atoms with Gasteiger partial charge in [0.05, 0.1) is 6.42 Å². The molecule has 2 atom stereocenters. The number of ether oxygens (including phenoxy) is 1. The van der Waals surface area contributed by atoms with Crippen LogP contribution in [-0.4, -0.2) is 26.6 Å². The van der Waals surface area contributed by atoms with Crippen molar-refractivity contribution in [2.24, 2.45) is 0 Å². The Bertz CT molecular complexity index is 449. The maximum Gasteiger partial charge on any atom is 0.332 e.